The van der Waals surface area contributed by atoms with Crippen molar-refractivity contribution < 1.29 is 13.9 Å². The number of benzene rings is 2. The van der Waals surface area contributed by atoms with E-state index in [1.165, 1.54) is 23.2 Å². The lowest BCUT2D eigenvalue weighted by molar-refractivity contribution is 0.0922. The summed E-state index contributed by atoms with van der Waals surface area (Å²) < 4.78 is 20.4. The highest BCUT2D eigenvalue weighted by molar-refractivity contribution is 6.33. The van der Waals surface area contributed by atoms with Crippen molar-refractivity contribution in [1.82, 2.24) is 20.0 Å². The molecule has 6 nitrogen and oxygen atoms in total. The monoisotopic (exact) mass is 470 g/mol. The number of rotatable bonds is 7. The molecule has 3 aromatic rings. The van der Waals surface area contributed by atoms with Crippen LogP contribution in [0.3, 0.4) is 0 Å². The number of amides is 1. The van der Waals surface area contributed by atoms with Gasteiger partial charge in [-0.2, -0.15) is 5.10 Å². The lowest BCUT2D eigenvalue weighted by Gasteiger charge is -2.35. The Bertz CT molecular complexity index is 1110. The average Bonchev–Trinajstić information content (AvgIpc) is 3.14. The largest absolute Gasteiger partial charge is 0.496 e. The van der Waals surface area contributed by atoms with E-state index >= 15 is 0 Å². The van der Waals surface area contributed by atoms with Crippen molar-refractivity contribution in [3.63, 3.8) is 0 Å². The molecule has 1 N–H and O–H groups in total. The minimum absolute atomic E-state index is 0.0170. The summed E-state index contributed by atoms with van der Waals surface area (Å²) in [5.41, 5.74) is 2.46. The van der Waals surface area contributed by atoms with Crippen molar-refractivity contribution in [3.05, 3.63) is 76.3 Å². The van der Waals surface area contributed by atoms with Crippen LogP contribution in [0.1, 0.15) is 46.9 Å². The van der Waals surface area contributed by atoms with Gasteiger partial charge >= 0.3 is 0 Å². The van der Waals surface area contributed by atoms with Crippen LogP contribution in [0.25, 0.3) is 5.69 Å². The Labute approximate surface area is 198 Å². The molecule has 0 unspecified atom stereocenters. The van der Waals surface area contributed by atoms with Crippen LogP contribution in [0.15, 0.2) is 48.5 Å². The van der Waals surface area contributed by atoms with Crippen molar-refractivity contribution >= 4 is 17.5 Å². The van der Waals surface area contributed by atoms with Gasteiger partial charge in [-0.25, -0.2) is 9.07 Å². The van der Waals surface area contributed by atoms with Crippen LogP contribution < -0.4 is 10.1 Å². The predicted molar refractivity (Wildman–Crippen MR) is 127 cm³/mol. The molecule has 1 aliphatic heterocycles. The summed E-state index contributed by atoms with van der Waals surface area (Å²) in [4.78, 5) is 15.6. The van der Waals surface area contributed by atoms with Gasteiger partial charge in [-0.3, -0.25) is 9.69 Å². The summed E-state index contributed by atoms with van der Waals surface area (Å²) in [5.74, 6) is 0.167. The van der Waals surface area contributed by atoms with E-state index in [9.17, 15) is 9.18 Å². The number of methoxy groups -OCH3 is 1. The van der Waals surface area contributed by atoms with Gasteiger partial charge in [0.25, 0.3) is 5.91 Å². The second-order valence-electron chi connectivity index (χ2n) is 8.20. The molecule has 0 radical (unpaired) electrons. The molecule has 1 aromatic heterocycles. The van der Waals surface area contributed by atoms with Gasteiger partial charge in [0, 0.05) is 12.1 Å². The van der Waals surface area contributed by atoms with Crippen LogP contribution in [0.5, 0.6) is 5.75 Å². The first-order chi connectivity index (χ1) is 16.0. The number of para-hydroxylation sites is 1. The summed E-state index contributed by atoms with van der Waals surface area (Å²) in [7, 11) is 1.66. The highest BCUT2D eigenvalue weighted by Crippen LogP contribution is 2.31. The van der Waals surface area contributed by atoms with E-state index in [2.05, 4.69) is 21.4 Å². The minimum atomic E-state index is -0.350. The van der Waals surface area contributed by atoms with Crippen molar-refractivity contribution in [2.24, 2.45) is 0 Å². The maximum absolute atomic E-state index is 13.3. The summed E-state index contributed by atoms with van der Waals surface area (Å²) in [6.07, 6.45) is 3.49. The molecule has 1 atom stereocenters. The smallest absolute Gasteiger partial charge is 0.256 e. The topological polar surface area (TPSA) is 59.4 Å². The quantitative estimate of drug-likeness (QED) is 0.531. The molecule has 1 fully saturated rings. The molecule has 1 aliphatic rings. The fraction of sp³-hybridized carbons (Fsp3) is 0.360. The number of likely N-dealkylation sites (tertiary alicyclic amines) is 1. The predicted octanol–water partition coefficient (Wildman–Crippen LogP) is 4.94. The number of carbonyl (C=O) groups is 1. The van der Waals surface area contributed by atoms with Crippen molar-refractivity contribution in [1.29, 1.82) is 0 Å². The summed E-state index contributed by atoms with van der Waals surface area (Å²) in [6, 6.07) is 13.7. The van der Waals surface area contributed by atoms with Gasteiger partial charge < -0.3 is 10.1 Å². The molecule has 0 aliphatic carbocycles. The van der Waals surface area contributed by atoms with E-state index in [1.54, 1.807) is 26.2 Å². The molecule has 1 amide bonds. The summed E-state index contributed by atoms with van der Waals surface area (Å²) in [5, 5.41) is 7.67. The number of aryl methyl sites for hydroxylation is 1. The zero-order valence-corrected chi connectivity index (χ0v) is 19.6. The van der Waals surface area contributed by atoms with E-state index in [0.717, 1.165) is 37.2 Å². The van der Waals surface area contributed by atoms with Crippen molar-refractivity contribution in [2.75, 3.05) is 26.7 Å². The highest BCUT2D eigenvalue weighted by Gasteiger charge is 2.27. The zero-order chi connectivity index (χ0) is 23.4. The lowest BCUT2D eigenvalue weighted by Crippen LogP contribution is -2.41. The summed E-state index contributed by atoms with van der Waals surface area (Å²) >= 11 is 6.54. The van der Waals surface area contributed by atoms with E-state index < -0.39 is 0 Å². The Morgan fingerprint density at radius 3 is 2.55 bits per heavy atom. The molecule has 33 heavy (non-hydrogen) atoms. The number of hydrogen-bond acceptors (Lipinski definition) is 4. The van der Waals surface area contributed by atoms with Crippen LogP contribution in [0.2, 0.25) is 5.15 Å². The first-order valence-electron chi connectivity index (χ1n) is 11.2. The second-order valence-corrected chi connectivity index (χ2v) is 8.56. The third-order valence-corrected chi connectivity index (χ3v) is 6.44. The van der Waals surface area contributed by atoms with E-state index in [1.807, 2.05) is 18.2 Å². The van der Waals surface area contributed by atoms with Gasteiger partial charge in [0.05, 0.1) is 30.1 Å². The van der Waals surface area contributed by atoms with Gasteiger partial charge in [-0.05, 0) is 63.2 Å². The molecule has 8 heteroatoms. The molecule has 1 saturated heterocycles. The highest BCUT2D eigenvalue weighted by atomic mass is 35.5. The number of carbonyl (C=O) groups excluding carboxylic acids is 1. The molecular formula is C25H28ClFN4O2. The van der Waals surface area contributed by atoms with Crippen molar-refractivity contribution in [3.8, 4) is 11.4 Å². The maximum Gasteiger partial charge on any atom is 0.256 e. The van der Waals surface area contributed by atoms with E-state index in [4.69, 9.17) is 16.3 Å². The number of nitrogens with zero attached hydrogens (tertiary/aromatic N) is 3. The lowest BCUT2D eigenvalue weighted by atomic mass is 10.0. The number of nitrogens with one attached hydrogen (secondary N) is 1. The Kier molecular flexibility index (Phi) is 7.30. The normalized spacial score (nSPS) is 15.3. The average molecular weight is 471 g/mol. The zero-order valence-electron chi connectivity index (χ0n) is 18.9. The molecule has 0 bridgehead atoms. The summed E-state index contributed by atoms with van der Waals surface area (Å²) in [6.45, 7) is 4.10. The minimum Gasteiger partial charge on any atom is -0.496 e. The molecule has 0 saturated carbocycles. The molecule has 2 aromatic carbocycles. The van der Waals surface area contributed by atoms with Crippen LogP contribution in [0.4, 0.5) is 4.39 Å². The molecule has 4 rings (SSSR count). The first-order valence-corrected chi connectivity index (χ1v) is 11.5. The van der Waals surface area contributed by atoms with E-state index in [0.29, 0.717) is 23.5 Å². The molecule has 2 heterocycles. The number of ether oxygens (including phenoxy) is 1. The third-order valence-electron chi connectivity index (χ3n) is 6.09. The van der Waals surface area contributed by atoms with Gasteiger partial charge in [-0.1, -0.05) is 36.2 Å². The Morgan fingerprint density at radius 1 is 1.15 bits per heavy atom. The van der Waals surface area contributed by atoms with Crippen LogP contribution >= 0.6 is 11.6 Å². The second kappa shape index (κ2) is 10.4. The fourth-order valence-electron chi connectivity index (χ4n) is 4.40. The number of hydrogen-bond donors (Lipinski definition) is 1. The van der Waals surface area contributed by atoms with Crippen molar-refractivity contribution in [2.45, 2.75) is 32.2 Å². The molecule has 174 valence electrons. The first kappa shape index (κ1) is 23.3. The van der Waals surface area contributed by atoms with Gasteiger partial charge in [-0.15, -0.1) is 0 Å². The SMILES string of the molecule is COc1ccccc1[C@@H](CNC(=O)c1c(C)nn(-c2ccc(F)cc2)c1Cl)N1CCCCC1. The number of piperidine rings is 1. The Balaban J connectivity index is 1.57. The Morgan fingerprint density at radius 2 is 1.85 bits per heavy atom. The van der Waals surface area contributed by atoms with Gasteiger partial charge in [0.15, 0.2) is 0 Å². The number of halogens is 2. The van der Waals surface area contributed by atoms with Crippen LogP contribution in [-0.2, 0) is 0 Å². The maximum atomic E-state index is 13.3. The van der Waals surface area contributed by atoms with Crippen LogP contribution in [0, 0.1) is 12.7 Å². The standard InChI is InChI=1S/C25H28ClFN4O2/c1-17-23(24(26)31(29-17)19-12-10-18(27)11-13-19)25(32)28-16-21(30-14-6-3-7-15-30)20-8-4-5-9-22(20)33-2/h4-5,8-13,21H,3,6-7,14-16H2,1-2H3,(H,28,32)/t21-/m1/s1. The van der Waals surface area contributed by atoms with Gasteiger partial charge in [0.1, 0.15) is 16.7 Å². The fourth-order valence-corrected chi connectivity index (χ4v) is 4.75. The number of aromatic nitrogens is 2. The Hall–Kier alpha value is -2.90. The third kappa shape index (κ3) is 5.04. The van der Waals surface area contributed by atoms with Gasteiger partial charge in [0.2, 0.25) is 0 Å². The molecule has 0 spiro atoms. The van der Waals surface area contributed by atoms with Crippen LogP contribution in [-0.4, -0.2) is 47.3 Å². The van der Waals surface area contributed by atoms with E-state index in [-0.39, 0.29) is 22.9 Å². The molecular weight excluding hydrogens is 443 g/mol.